The molecule has 2 aromatic heterocycles. The van der Waals surface area contributed by atoms with Gasteiger partial charge >= 0.3 is 0 Å². The number of benzene rings is 1. The van der Waals surface area contributed by atoms with Crippen molar-refractivity contribution in [2.24, 2.45) is 0 Å². The number of para-hydroxylation sites is 1. The van der Waals surface area contributed by atoms with Crippen molar-refractivity contribution in [3.05, 3.63) is 66.2 Å². The van der Waals surface area contributed by atoms with Gasteiger partial charge in [0.2, 0.25) is 5.95 Å². The van der Waals surface area contributed by atoms with Crippen LogP contribution in [0.15, 0.2) is 55.0 Å². The van der Waals surface area contributed by atoms with E-state index in [0.29, 0.717) is 12.6 Å². The van der Waals surface area contributed by atoms with Gasteiger partial charge in [-0.15, -0.1) is 0 Å². The summed E-state index contributed by atoms with van der Waals surface area (Å²) >= 11 is 0. The molecule has 0 N–H and O–H groups in total. The van der Waals surface area contributed by atoms with Gasteiger partial charge in [0.05, 0.1) is 13.7 Å². The molecule has 3 aromatic rings. The first-order chi connectivity index (χ1) is 12.8. The minimum atomic E-state index is 0.687. The Morgan fingerprint density at radius 1 is 1.12 bits per heavy atom. The zero-order chi connectivity index (χ0) is 17.8. The third kappa shape index (κ3) is 3.41. The maximum Gasteiger partial charge on any atom is 0.233 e. The highest BCUT2D eigenvalue weighted by atomic mass is 16.5. The molecule has 0 atom stereocenters. The van der Waals surface area contributed by atoms with Gasteiger partial charge in [-0.2, -0.15) is 0 Å². The first kappa shape index (κ1) is 16.6. The number of hydrogen-bond acceptors (Lipinski definition) is 5. The highest BCUT2D eigenvalue weighted by molar-refractivity contribution is 5.46. The number of hydrogen-bond donors (Lipinski definition) is 0. The van der Waals surface area contributed by atoms with Crippen molar-refractivity contribution in [3.63, 3.8) is 0 Å². The number of nitrogens with zero attached hydrogens (tertiary/aromatic N) is 4. The Morgan fingerprint density at radius 2 is 2.00 bits per heavy atom. The standard InChI is InChI=1S/C20H22N4O2/c1-25-18-8-2-6-16-14-23(11-5-13-26-19(16)18)15-17-7-3-12-24(17)20-21-9-4-10-22-20/h2-4,6-10,12H,5,11,13-15H2,1H3. The third-order valence-corrected chi connectivity index (χ3v) is 4.53. The van der Waals surface area contributed by atoms with Gasteiger partial charge in [0, 0.05) is 49.5 Å². The average molecular weight is 350 g/mol. The highest BCUT2D eigenvalue weighted by Gasteiger charge is 2.18. The maximum atomic E-state index is 5.95. The molecule has 26 heavy (non-hydrogen) atoms. The van der Waals surface area contributed by atoms with E-state index in [1.807, 2.05) is 35.0 Å². The average Bonchev–Trinajstić information content (AvgIpc) is 3.12. The van der Waals surface area contributed by atoms with Crippen LogP contribution in [0.3, 0.4) is 0 Å². The van der Waals surface area contributed by atoms with Crippen molar-refractivity contribution in [1.82, 2.24) is 19.4 Å². The first-order valence-electron chi connectivity index (χ1n) is 8.80. The van der Waals surface area contributed by atoms with Crippen LogP contribution in [-0.2, 0) is 13.1 Å². The molecule has 4 rings (SSSR count). The zero-order valence-corrected chi connectivity index (χ0v) is 14.8. The number of aromatic nitrogens is 3. The topological polar surface area (TPSA) is 52.4 Å². The highest BCUT2D eigenvalue weighted by Crippen LogP contribution is 2.33. The van der Waals surface area contributed by atoms with Gasteiger partial charge in [-0.25, -0.2) is 9.97 Å². The fourth-order valence-electron chi connectivity index (χ4n) is 3.31. The number of rotatable bonds is 4. The van der Waals surface area contributed by atoms with Gasteiger partial charge in [0.15, 0.2) is 11.5 Å². The van der Waals surface area contributed by atoms with Gasteiger partial charge in [0.1, 0.15) is 0 Å². The van der Waals surface area contributed by atoms with Crippen molar-refractivity contribution in [2.75, 3.05) is 20.3 Å². The van der Waals surface area contributed by atoms with E-state index in [0.717, 1.165) is 43.1 Å². The van der Waals surface area contributed by atoms with Crippen LogP contribution in [0.25, 0.3) is 5.95 Å². The summed E-state index contributed by atoms with van der Waals surface area (Å²) in [6, 6.07) is 12.1. The molecule has 3 heterocycles. The number of methoxy groups -OCH3 is 1. The van der Waals surface area contributed by atoms with Crippen LogP contribution >= 0.6 is 0 Å². The summed E-state index contributed by atoms with van der Waals surface area (Å²) in [6.45, 7) is 3.29. The van der Waals surface area contributed by atoms with E-state index in [1.54, 1.807) is 19.5 Å². The lowest BCUT2D eigenvalue weighted by Crippen LogP contribution is -2.28. The summed E-state index contributed by atoms with van der Waals surface area (Å²) in [5.74, 6) is 2.36. The van der Waals surface area contributed by atoms with Gasteiger partial charge in [0.25, 0.3) is 0 Å². The van der Waals surface area contributed by atoms with E-state index >= 15 is 0 Å². The van der Waals surface area contributed by atoms with E-state index < -0.39 is 0 Å². The summed E-state index contributed by atoms with van der Waals surface area (Å²) in [7, 11) is 1.68. The lowest BCUT2D eigenvalue weighted by Gasteiger charge is -2.27. The van der Waals surface area contributed by atoms with Crippen LogP contribution in [0.2, 0.25) is 0 Å². The van der Waals surface area contributed by atoms with E-state index in [1.165, 1.54) is 5.69 Å². The molecule has 1 aliphatic heterocycles. The minimum absolute atomic E-state index is 0.687. The second kappa shape index (κ2) is 7.58. The molecule has 0 radical (unpaired) electrons. The van der Waals surface area contributed by atoms with Gasteiger partial charge in [-0.05, 0) is 30.7 Å². The normalized spacial score (nSPS) is 14.8. The summed E-state index contributed by atoms with van der Waals surface area (Å²) < 4.78 is 13.5. The summed E-state index contributed by atoms with van der Waals surface area (Å²) in [5.41, 5.74) is 2.32. The Bertz CT molecular complexity index is 863. The predicted octanol–water partition coefficient (Wildman–Crippen LogP) is 3.06. The molecule has 0 unspecified atom stereocenters. The molecule has 134 valence electrons. The Hall–Kier alpha value is -2.86. The Kier molecular flexibility index (Phi) is 4.84. The monoisotopic (exact) mass is 350 g/mol. The lowest BCUT2D eigenvalue weighted by atomic mass is 10.1. The third-order valence-electron chi connectivity index (χ3n) is 4.53. The molecule has 6 nitrogen and oxygen atoms in total. The van der Waals surface area contributed by atoms with Crippen LogP contribution in [-0.4, -0.2) is 39.7 Å². The van der Waals surface area contributed by atoms with Gasteiger partial charge in [-0.3, -0.25) is 9.47 Å². The van der Waals surface area contributed by atoms with Crippen molar-refractivity contribution in [2.45, 2.75) is 19.5 Å². The van der Waals surface area contributed by atoms with Gasteiger partial charge < -0.3 is 9.47 Å². The van der Waals surface area contributed by atoms with E-state index in [4.69, 9.17) is 9.47 Å². The maximum absolute atomic E-state index is 5.95. The van der Waals surface area contributed by atoms with Crippen molar-refractivity contribution >= 4 is 0 Å². The van der Waals surface area contributed by atoms with Crippen LogP contribution < -0.4 is 9.47 Å². The van der Waals surface area contributed by atoms with Gasteiger partial charge in [-0.1, -0.05) is 12.1 Å². The second-order valence-electron chi connectivity index (χ2n) is 6.28. The molecular weight excluding hydrogens is 328 g/mol. The molecule has 0 saturated heterocycles. The zero-order valence-electron chi connectivity index (χ0n) is 14.8. The molecule has 0 amide bonds. The lowest BCUT2D eigenvalue weighted by molar-refractivity contribution is 0.193. The van der Waals surface area contributed by atoms with Crippen LogP contribution in [0.4, 0.5) is 0 Å². The molecule has 0 fully saturated rings. The SMILES string of the molecule is COc1cccc2c1OCCCN(Cc1cccn1-c1ncccn1)C2. The van der Waals surface area contributed by atoms with Crippen molar-refractivity contribution in [1.29, 1.82) is 0 Å². The molecule has 0 saturated carbocycles. The number of fused-ring (bicyclic) bond motifs is 1. The summed E-state index contributed by atoms with van der Waals surface area (Å²) in [6.07, 6.45) is 6.51. The molecule has 6 heteroatoms. The molecule has 1 aliphatic rings. The van der Waals surface area contributed by atoms with E-state index in [-0.39, 0.29) is 0 Å². The number of ether oxygens (including phenoxy) is 2. The summed E-state index contributed by atoms with van der Waals surface area (Å²) in [4.78, 5) is 11.2. The molecular formula is C20H22N4O2. The van der Waals surface area contributed by atoms with Crippen molar-refractivity contribution in [3.8, 4) is 17.4 Å². The van der Waals surface area contributed by atoms with Crippen molar-refractivity contribution < 1.29 is 9.47 Å². The Balaban J connectivity index is 1.58. The summed E-state index contributed by atoms with van der Waals surface area (Å²) in [5, 5.41) is 0. The van der Waals surface area contributed by atoms with Crippen LogP contribution in [0, 0.1) is 0 Å². The smallest absolute Gasteiger partial charge is 0.233 e. The molecule has 1 aromatic carbocycles. The second-order valence-corrected chi connectivity index (χ2v) is 6.28. The van der Waals surface area contributed by atoms with E-state index in [9.17, 15) is 0 Å². The predicted molar refractivity (Wildman–Crippen MR) is 98.6 cm³/mol. The fraction of sp³-hybridized carbons (Fsp3) is 0.300. The first-order valence-corrected chi connectivity index (χ1v) is 8.80. The Labute approximate surface area is 153 Å². The molecule has 0 aliphatic carbocycles. The minimum Gasteiger partial charge on any atom is -0.493 e. The largest absolute Gasteiger partial charge is 0.493 e. The fourth-order valence-corrected chi connectivity index (χ4v) is 3.31. The Morgan fingerprint density at radius 3 is 2.85 bits per heavy atom. The quantitative estimate of drug-likeness (QED) is 0.724. The molecule has 0 bridgehead atoms. The van der Waals surface area contributed by atoms with Crippen LogP contribution in [0.5, 0.6) is 11.5 Å². The van der Waals surface area contributed by atoms with E-state index in [2.05, 4.69) is 27.0 Å². The van der Waals surface area contributed by atoms with Crippen LogP contribution in [0.1, 0.15) is 17.7 Å². The molecule has 0 spiro atoms.